The van der Waals surface area contributed by atoms with Crippen molar-refractivity contribution in [3.8, 4) is 0 Å². The minimum absolute atomic E-state index is 0. The average Bonchev–Trinajstić information content (AvgIpc) is 3.74. The summed E-state index contributed by atoms with van der Waals surface area (Å²) in [6.07, 6.45) is 5.67. The van der Waals surface area contributed by atoms with Gasteiger partial charge in [-0.25, -0.2) is 0 Å². The van der Waals surface area contributed by atoms with E-state index in [1.54, 1.807) is 31.3 Å². The monoisotopic (exact) mass is 843 g/mol. The van der Waals surface area contributed by atoms with Gasteiger partial charge in [0.15, 0.2) is 0 Å². The van der Waals surface area contributed by atoms with Crippen molar-refractivity contribution >= 4 is 80.8 Å². The van der Waals surface area contributed by atoms with Gasteiger partial charge in [0.05, 0.1) is 29.4 Å². The van der Waals surface area contributed by atoms with Crippen LogP contribution in [0.4, 0.5) is 21.5 Å². The molecule has 0 unspecified atom stereocenters. The van der Waals surface area contributed by atoms with Crippen LogP contribution in [0.15, 0.2) is 91.4 Å². The number of H-pyrrole nitrogens is 1. The number of nitrogens with zero attached hydrogens (tertiary/aromatic N) is 4. The number of aromatic nitrogens is 3. The molecule has 4 N–H and O–H groups in total. The number of halogens is 2. The number of alkyl halides is 2. The van der Waals surface area contributed by atoms with Crippen LogP contribution in [0.2, 0.25) is 0 Å². The summed E-state index contributed by atoms with van der Waals surface area (Å²) in [5.41, 5.74) is 9.57. The van der Waals surface area contributed by atoms with Crippen LogP contribution in [0.5, 0.6) is 0 Å². The van der Waals surface area contributed by atoms with E-state index in [2.05, 4.69) is 38.2 Å². The van der Waals surface area contributed by atoms with Crippen molar-refractivity contribution in [2.45, 2.75) is 6.92 Å². The number of aryl methyl sites for hydroxylation is 2. The zero-order valence-electron chi connectivity index (χ0n) is 26.6. The first-order valence-corrected chi connectivity index (χ1v) is 14.8. The standard InChI is InChI=1S/C9H8N2O2.C9H10N2.C8H6N2O2.C2H6O.CH3F.CH3I.CH3.BH4.Pd/c1-10-5-4-7-2-3-8(11(12)13)6-9(7)10;1-11-5-4-7-2-3-8(10)6-9(7)11;11-10(12)7-2-1-6-3-4-9-8(6)5-7;1-2-3;2*1-2;;;/h2-6H,1H3;2-6H,10H2,1H3;1-5,9H;3H,2H2,1H3;2*1H3;1H3;1H4;/q;;;;;;2*-1;/i;;;;1D;;;;. The molecule has 3 aromatic carbocycles. The Balaban J connectivity index is -0.000000541. The Morgan fingerprint density at radius 2 is 1.28 bits per heavy atom. The molecule has 11 nitrogen and oxygen atoms in total. The third-order valence-corrected chi connectivity index (χ3v) is 5.74. The fraction of sp³-hybridized carbons (Fsp3) is 0.194. The van der Waals surface area contributed by atoms with Crippen molar-refractivity contribution in [2.24, 2.45) is 14.1 Å². The molecular weight excluding hydrogens is 800 g/mol. The molecule has 0 amide bonds. The summed E-state index contributed by atoms with van der Waals surface area (Å²) in [6, 6.07) is 21.4. The SMILES string of the molecule is CCO.CI.Cn1ccc2ccc(N)cc21.Cn1ccc2ccc([N+](=O)[O-])cc21.O=[N+]([O-])c1ccc2cc[nH]c2c1.[2H]CF.[BH4-].[CH3-].[Pd]. The Morgan fingerprint density at radius 3 is 1.76 bits per heavy atom. The number of hydrogen-bond donors (Lipinski definition) is 3. The van der Waals surface area contributed by atoms with Crippen LogP contribution in [-0.4, -0.2) is 56.2 Å². The van der Waals surface area contributed by atoms with Crippen molar-refractivity contribution in [2.75, 3.05) is 24.4 Å². The van der Waals surface area contributed by atoms with Crippen molar-refractivity contribution in [3.63, 3.8) is 0 Å². The van der Waals surface area contributed by atoms with Gasteiger partial charge in [0.1, 0.15) is 0 Å². The second-order valence-corrected chi connectivity index (χ2v) is 8.49. The molecule has 0 saturated heterocycles. The van der Waals surface area contributed by atoms with E-state index >= 15 is 0 Å². The molecule has 0 bridgehead atoms. The van der Waals surface area contributed by atoms with E-state index in [0.717, 1.165) is 27.5 Å². The maximum atomic E-state index is 10.5. The predicted octanol–water partition coefficient (Wildman–Crippen LogP) is 6.55. The van der Waals surface area contributed by atoms with Crippen LogP contribution in [-0.2, 0) is 34.5 Å². The molecule has 0 aliphatic carbocycles. The largest absolute Gasteiger partial charge is 0.399 e. The Hall–Kier alpha value is -3.77. The molecule has 6 rings (SSSR count). The number of aliphatic hydroxyl groups is 1. The molecule has 0 aliphatic heterocycles. The van der Waals surface area contributed by atoms with Crippen molar-refractivity contribution < 1.29 is 41.1 Å². The third kappa shape index (κ3) is 13.7. The number of nitrogens with two attached hydrogens (primary N) is 1. The minimum Gasteiger partial charge on any atom is -0.399 e. The molecule has 0 saturated carbocycles. The first kappa shape index (κ1) is 44.4. The van der Waals surface area contributed by atoms with E-state index in [1.807, 2.05) is 66.3 Å². The number of nitro benzene ring substituents is 2. The Morgan fingerprint density at radius 1 is 0.870 bits per heavy atom. The number of aliphatic hydroxyl groups excluding tert-OH is 1. The molecule has 0 atom stereocenters. The average molecular weight is 844 g/mol. The van der Waals surface area contributed by atoms with Crippen LogP contribution >= 0.6 is 22.6 Å². The molecule has 3 aromatic heterocycles. The van der Waals surface area contributed by atoms with Gasteiger partial charge in [0, 0.05) is 101 Å². The number of anilines is 1. The molecule has 15 heteroatoms. The van der Waals surface area contributed by atoms with E-state index in [1.165, 1.54) is 29.1 Å². The van der Waals surface area contributed by atoms with Gasteiger partial charge in [-0.3, -0.25) is 24.6 Å². The van der Waals surface area contributed by atoms with Crippen LogP contribution in [0.25, 0.3) is 32.7 Å². The van der Waals surface area contributed by atoms with Gasteiger partial charge in [-0.15, -0.1) is 0 Å². The summed E-state index contributed by atoms with van der Waals surface area (Å²) in [4.78, 5) is 24.9. The number of aromatic amines is 1. The summed E-state index contributed by atoms with van der Waals surface area (Å²) in [6.45, 7) is 1.93. The van der Waals surface area contributed by atoms with Gasteiger partial charge in [0.25, 0.3) is 11.4 Å². The summed E-state index contributed by atoms with van der Waals surface area (Å²) in [5.74, 6) is 0. The molecule has 256 valence electrons. The molecule has 6 aromatic rings. The molecule has 0 spiro atoms. The van der Waals surface area contributed by atoms with Crippen LogP contribution in [0, 0.1) is 27.7 Å². The Labute approximate surface area is 299 Å². The Bertz CT molecular complexity index is 1770. The van der Waals surface area contributed by atoms with Gasteiger partial charge in [-0.05, 0) is 65.1 Å². The number of non-ortho nitro benzene ring substituents is 2. The topological polar surface area (TPSA) is 158 Å². The summed E-state index contributed by atoms with van der Waals surface area (Å²) >= 11 is 2.15. The normalized spacial score (nSPS) is 9.15. The second kappa shape index (κ2) is 24.5. The Kier molecular flexibility index (Phi) is 23.6. The maximum absolute atomic E-state index is 10.5. The summed E-state index contributed by atoms with van der Waals surface area (Å²) < 4.78 is 19.4. The number of rotatable bonds is 2. The number of nitrogen functional groups attached to an aromatic ring is 1. The van der Waals surface area contributed by atoms with E-state index < -0.39 is 12.1 Å². The van der Waals surface area contributed by atoms with Gasteiger partial charge < -0.3 is 32.4 Å². The zero-order chi connectivity index (χ0) is 33.2. The molecule has 46 heavy (non-hydrogen) atoms. The van der Waals surface area contributed by atoms with Crippen molar-refractivity contribution in [1.29, 1.82) is 0 Å². The van der Waals surface area contributed by atoms with E-state index in [9.17, 15) is 24.6 Å². The zero-order valence-corrected chi connectivity index (χ0v) is 29.3. The first-order chi connectivity index (χ1) is 21.1. The third-order valence-electron chi connectivity index (χ3n) is 5.74. The molecular formula is C31H43BFIN6O5Pd-2. The quantitative estimate of drug-likeness (QED) is 0.0341. The van der Waals surface area contributed by atoms with Gasteiger partial charge in [0.2, 0.25) is 0 Å². The number of nitro groups is 2. The fourth-order valence-corrected chi connectivity index (χ4v) is 3.79. The van der Waals surface area contributed by atoms with Crippen molar-refractivity contribution in [3.05, 3.63) is 119 Å². The number of fused-ring (bicyclic) bond motifs is 3. The van der Waals surface area contributed by atoms with E-state index in [0.29, 0.717) is 0 Å². The number of nitrogens with one attached hydrogen (secondary N) is 1. The fourth-order valence-electron chi connectivity index (χ4n) is 3.79. The van der Waals surface area contributed by atoms with Crippen LogP contribution in [0.3, 0.4) is 0 Å². The van der Waals surface area contributed by atoms with E-state index in [4.69, 9.17) is 12.2 Å². The smallest absolute Gasteiger partial charge is 0.271 e. The van der Waals surface area contributed by atoms with Gasteiger partial charge >= 0.3 is 0 Å². The van der Waals surface area contributed by atoms with Gasteiger partial charge in [-0.1, -0.05) is 37.1 Å². The van der Waals surface area contributed by atoms with Crippen LogP contribution < -0.4 is 5.73 Å². The minimum atomic E-state index is -1.00. The number of benzene rings is 3. The second-order valence-electron chi connectivity index (χ2n) is 8.49. The molecule has 3 heterocycles. The summed E-state index contributed by atoms with van der Waals surface area (Å²) in [7, 11) is 2.88. The molecule has 0 radical (unpaired) electrons. The van der Waals surface area contributed by atoms with Crippen molar-refractivity contribution in [1.82, 2.24) is 14.1 Å². The number of hydrogen-bond acceptors (Lipinski definition) is 6. The molecule has 0 fully saturated rings. The van der Waals surface area contributed by atoms with E-state index in [-0.39, 0.29) is 59.2 Å². The first-order valence-electron chi connectivity index (χ1n) is 13.3. The summed E-state index contributed by atoms with van der Waals surface area (Å²) in [5, 5.41) is 31.6. The van der Waals surface area contributed by atoms with Crippen LogP contribution in [0.1, 0.15) is 8.29 Å². The predicted molar refractivity (Wildman–Crippen MR) is 199 cm³/mol. The van der Waals surface area contributed by atoms with Gasteiger partial charge in [-0.2, -0.15) is 0 Å². The molecule has 0 aliphatic rings. The maximum Gasteiger partial charge on any atom is 0.271 e.